The monoisotopic (exact) mass is 381 g/mol. The number of hydrogen-bond donors (Lipinski definition) is 1. The predicted octanol–water partition coefficient (Wildman–Crippen LogP) is 2.17. The van der Waals surface area contributed by atoms with Crippen molar-refractivity contribution >= 4 is 11.8 Å². The molecular weight excluding hydrogens is 354 g/mol. The van der Waals surface area contributed by atoms with E-state index >= 15 is 0 Å². The molecule has 1 aromatic carbocycles. The maximum atomic E-state index is 12.5. The standard InChI is InChI=1S/C21H27N5O2/c27-19(15-25-13-6-2-5-9-20(25)28)22-17-10-11-18-23-24-21(26(18)14-12-17)16-7-3-1-4-8-16/h1,3-4,7-8,17H,2,5-6,9-15H2,(H,22,27). The fourth-order valence-corrected chi connectivity index (χ4v) is 4.09. The van der Waals surface area contributed by atoms with Gasteiger partial charge in [0.05, 0.1) is 6.54 Å². The molecule has 0 saturated carbocycles. The minimum absolute atomic E-state index is 0.0544. The molecule has 2 aliphatic heterocycles. The molecule has 1 atom stereocenters. The van der Waals surface area contributed by atoms with E-state index in [9.17, 15) is 9.59 Å². The summed E-state index contributed by atoms with van der Waals surface area (Å²) in [4.78, 5) is 26.3. The lowest BCUT2D eigenvalue weighted by Gasteiger charge is -2.22. The fraction of sp³-hybridized carbons (Fsp3) is 0.524. The van der Waals surface area contributed by atoms with E-state index in [1.165, 1.54) is 0 Å². The van der Waals surface area contributed by atoms with Crippen molar-refractivity contribution in [2.24, 2.45) is 0 Å². The van der Waals surface area contributed by atoms with Gasteiger partial charge in [-0.15, -0.1) is 10.2 Å². The van der Waals surface area contributed by atoms with Gasteiger partial charge >= 0.3 is 0 Å². The molecule has 28 heavy (non-hydrogen) atoms. The van der Waals surface area contributed by atoms with Gasteiger partial charge in [-0.2, -0.15) is 0 Å². The molecule has 0 spiro atoms. The minimum atomic E-state index is -0.0544. The molecule has 0 radical (unpaired) electrons. The Hall–Kier alpha value is -2.70. The zero-order valence-electron chi connectivity index (χ0n) is 16.1. The average molecular weight is 381 g/mol. The van der Waals surface area contributed by atoms with Gasteiger partial charge in [0.1, 0.15) is 5.82 Å². The number of carbonyl (C=O) groups excluding carboxylic acids is 2. The van der Waals surface area contributed by atoms with Crippen molar-refractivity contribution in [1.29, 1.82) is 0 Å². The largest absolute Gasteiger partial charge is 0.352 e. The Morgan fingerprint density at radius 1 is 1.04 bits per heavy atom. The van der Waals surface area contributed by atoms with Crippen LogP contribution in [0.5, 0.6) is 0 Å². The average Bonchev–Trinajstić information content (AvgIpc) is 2.87. The summed E-state index contributed by atoms with van der Waals surface area (Å²) in [6, 6.07) is 10.2. The lowest BCUT2D eigenvalue weighted by Crippen LogP contribution is -2.44. The summed E-state index contributed by atoms with van der Waals surface area (Å²) in [5.74, 6) is 1.91. The molecule has 7 nitrogen and oxygen atoms in total. The van der Waals surface area contributed by atoms with E-state index < -0.39 is 0 Å². The van der Waals surface area contributed by atoms with Gasteiger partial charge in [-0.25, -0.2) is 0 Å². The molecule has 2 aromatic rings. The number of nitrogens with one attached hydrogen (secondary N) is 1. The molecule has 0 aliphatic carbocycles. The number of likely N-dealkylation sites (tertiary alicyclic amines) is 1. The number of rotatable bonds is 4. The summed E-state index contributed by atoms with van der Waals surface area (Å²) in [7, 11) is 0. The first-order valence-electron chi connectivity index (χ1n) is 10.3. The second kappa shape index (κ2) is 8.54. The molecule has 3 heterocycles. The van der Waals surface area contributed by atoms with Crippen LogP contribution >= 0.6 is 0 Å². The lowest BCUT2D eigenvalue weighted by atomic mass is 10.1. The normalized spacial score (nSPS) is 20.2. The zero-order valence-corrected chi connectivity index (χ0v) is 16.1. The van der Waals surface area contributed by atoms with Crippen LogP contribution in [-0.4, -0.2) is 50.6 Å². The van der Waals surface area contributed by atoms with Crippen molar-refractivity contribution in [3.8, 4) is 11.4 Å². The smallest absolute Gasteiger partial charge is 0.239 e. The van der Waals surface area contributed by atoms with Crippen molar-refractivity contribution in [1.82, 2.24) is 25.0 Å². The summed E-state index contributed by atoms with van der Waals surface area (Å²) in [6.07, 6.45) is 6.01. The van der Waals surface area contributed by atoms with Gasteiger partial charge in [-0.05, 0) is 25.7 Å². The molecule has 148 valence electrons. The number of carbonyl (C=O) groups is 2. The molecule has 4 rings (SSSR count). The molecule has 2 aliphatic rings. The quantitative estimate of drug-likeness (QED) is 0.880. The van der Waals surface area contributed by atoms with Crippen LogP contribution < -0.4 is 5.32 Å². The van der Waals surface area contributed by atoms with E-state index in [2.05, 4.69) is 20.1 Å². The predicted molar refractivity (Wildman–Crippen MR) is 105 cm³/mol. The number of aromatic nitrogens is 3. The van der Waals surface area contributed by atoms with Crippen LogP contribution in [0.25, 0.3) is 11.4 Å². The minimum Gasteiger partial charge on any atom is -0.352 e. The Labute approximate surface area is 165 Å². The third-order valence-corrected chi connectivity index (χ3v) is 5.65. The van der Waals surface area contributed by atoms with Crippen LogP contribution in [0.3, 0.4) is 0 Å². The Kier molecular flexibility index (Phi) is 5.69. The number of amides is 2. The van der Waals surface area contributed by atoms with Gasteiger partial charge < -0.3 is 14.8 Å². The number of hydrogen-bond acceptors (Lipinski definition) is 4. The van der Waals surface area contributed by atoms with Gasteiger partial charge in [-0.3, -0.25) is 9.59 Å². The second-order valence-electron chi connectivity index (χ2n) is 7.68. The maximum absolute atomic E-state index is 12.5. The number of benzene rings is 1. The highest BCUT2D eigenvalue weighted by Gasteiger charge is 2.24. The molecule has 2 amide bonds. The summed E-state index contributed by atoms with van der Waals surface area (Å²) < 4.78 is 2.17. The van der Waals surface area contributed by atoms with Gasteiger partial charge in [0.15, 0.2) is 5.82 Å². The topological polar surface area (TPSA) is 80.1 Å². The summed E-state index contributed by atoms with van der Waals surface area (Å²) in [6.45, 7) is 1.65. The van der Waals surface area contributed by atoms with Crippen molar-refractivity contribution in [3.05, 3.63) is 36.2 Å². The Balaban J connectivity index is 1.36. The van der Waals surface area contributed by atoms with Crippen LogP contribution in [0, 0.1) is 0 Å². The van der Waals surface area contributed by atoms with Gasteiger partial charge in [0.2, 0.25) is 11.8 Å². The van der Waals surface area contributed by atoms with E-state index in [0.29, 0.717) is 13.0 Å². The van der Waals surface area contributed by atoms with E-state index in [4.69, 9.17) is 0 Å². The Morgan fingerprint density at radius 2 is 1.89 bits per heavy atom. The number of fused-ring (bicyclic) bond motifs is 1. The first-order chi connectivity index (χ1) is 13.7. The summed E-state index contributed by atoms with van der Waals surface area (Å²) in [5, 5.41) is 11.9. The van der Waals surface area contributed by atoms with Gasteiger partial charge in [-0.1, -0.05) is 36.8 Å². The van der Waals surface area contributed by atoms with E-state index in [0.717, 1.165) is 62.3 Å². The Bertz CT molecular complexity index is 833. The van der Waals surface area contributed by atoms with Gasteiger partial charge in [0.25, 0.3) is 0 Å². The van der Waals surface area contributed by atoms with Crippen molar-refractivity contribution in [2.75, 3.05) is 13.1 Å². The summed E-state index contributed by atoms with van der Waals surface area (Å²) in [5.41, 5.74) is 1.06. The Morgan fingerprint density at radius 3 is 2.75 bits per heavy atom. The molecule has 1 aromatic heterocycles. The maximum Gasteiger partial charge on any atom is 0.239 e. The molecule has 1 fully saturated rings. The molecule has 1 saturated heterocycles. The SMILES string of the molecule is O=C(CN1CCCCCC1=O)NC1CCc2nnc(-c3ccccc3)n2CC1. The third kappa shape index (κ3) is 4.24. The second-order valence-corrected chi connectivity index (χ2v) is 7.68. The van der Waals surface area contributed by atoms with Crippen molar-refractivity contribution in [3.63, 3.8) is 0 Å². The van der Waals surface area contributed by atoms with Crippen molar-refractivity contribution < 1.29 is 9.59 Å². The third-order valence-electron chi connectivity index (χ3n) is 5.65. The van der Waals surface area contributed by atoms with E-state index in [1.807, 2.05) is 30.3 Å². The zero-order chi connectivity index (χ0) is 19.3. The van der Waals surface area contributed by atoms with E-state index in [-0.39, 0.29) is 24.4 Å². The first kappa shape index (κ1) is 18.7. The highest BCUT2D eigenvalue weighted by Crippen LogP contribution is 2.22. The number of aryl methyl sites for hydroxylation is 1. The highest BCUT2D eigenvalue weighted by atomic mass is 16.2. The molecular formula is C21H27N5O2. The van der Waals surface area contributed by atoms with Crippen LogP contribution in [-0.2, 0) is 22.6 Å². The van der Waals surface area contributed by atoms with E-state index in [1.54, 1.807) is 4.90 Å². The van der Waals surface area contributed by atoms with Crippen LogP contribution in [0.1, 0.15) is 44.3 Å². The molecule has 7 heteroatoms. The highest BCUT2D eigenvalue weighted by molar-refractivity contribution is 5.85. The lowest BCUT2D eigenvalue weighted by molar-refractivity contribution is -0.135. The number of nitrogens with zero attached hydrogens (tertiary/aromatic N) is 4. The molecule has 1 unspecified atom stereocenters. The fourth-order valence-electron chi connectivity index (χ4n) is 4.09. The molecule has 0 bridgehead atoms. The first-order valence-corrected chi connectivity index (χ1v) is 10.3. The van der Waals surface area contributed by atoms with Crippen LogP contribution in [0.4, 0.5) is 0 Å². The molecule has 1 N–H and O–H groups in total. The summed E-state index contributed by atoms with van der Waals surface area (Å²) >= 11 is 0. The van der Waals surface area contributed by atoms with Crippen LogP contribution in [0.15, 0.2) is 30.3 Å². The van der Waals surface area contributed by atoms with Crippen LogP contribution in [0.2, 0.25) is 0 Å². The van der Waals surface area contributed by atoms with Gasteiger partial charge in [0, 0.05) is 37.5 Å². The van der Waals surface area contributed by atoms with Crippen molar-refractivity contribution in [2.45, 2.75) is 57.5 Å².